The van der Waals surface area contributed by atoms with Gasteiger partial charge in [0.1, 0.15) is 5.75 Å². The Morgan fingerprint density at radius 3 is 3.05 bits per heavy atom. The lowest BCUT2D eigenvalue weighted by Crippen LogP contribution is -2.12. The van der Waals surface area contributed by atoms with Crippen molar-refractivity contribution in [2.75, 3.05) is 19.5 Å². The molecule has 1 atom stereocenters. The SMILES string of the molecule is CCOC(=O)CSC1CCCc2ccc(OC)cc21. The van der Waals surface area contributed by atoms with E-state index in [9.17, 15) is 4.79 Å². The number of methoxy groups -OCH3 is 1. The van der Waals surface area contributed by atoms with Gasteiger partial charge in [-0.2, -0.15) is 0 Å². The number of aryl methyl sites for hydroxylation is 1. The van der Waals surface area contributed by atoms with Crippen molar-refractivity contribution in [3.8, 4) is 5.75 Å². The molecule has 0 heterocycles. The molecule has 0 saturated heterocycles. The highest BCUT2D eigenvalue weighted by molar-refractivity contribution is 8.00. The first kappa shape index (κ1) is 14.3. The fourth-order valence-electron chi connectivity index (χ4n) is 2.41. The highest BCUT2D eigenvalue weighted by Gasteiger charge is 2.22. The summed E-state index contributed by atoms with van der Waals surface area (Å²) in [5.74, 6) is 1.19. The van der Waals surface area contributed by atoms with Gasteiger partial charge in [-0.15, -0.1) is 11.8 Å². The number of fused-ring (bicyclic) bond motifs is 1. The lowest BCUT2D eigenvalue weighted by atomic mass is 9.91. The van der Waals surface area contributed by atoms with Crippen LogP contribution in [-0.2, 0) is 16.0 Å². The molecule has 1 aromatic rings. The van der Waals surface area contributed by atoms with E-state index in [0.717, 1.165) is 18.6 Å². The molecule has 0 N–H and O–H groups in total. The van der Waals surface area contributed by atoms with Crippen LogP contribution in [0.3, 0.4) is 0 Å². The third-order valence-corrected chi connectivity index (χ3v) is 4.61. The second-order valence-electron chi connectivity index (χ2n) is 4.56. The van der Waals surface area contributed by atoms with Gasteiger partial charge >= 0.3 is 5.97 Å². The number of carbonyl (C=O) groups excluding carboxylic acids is 1. The summed E-state index contributed by atoms with van der Waals surface area (Å²) >= 11 is 1.68. The standard InChI is InChI=1S/C15H20O3S/c1-3-18-15(16)10-19-14-6-4-5-11-7-8-12(17-2)9-13(11)14/h7-9,14H,3-6,10H2,1-2H3. The first-order valence-electron chi connectivity index (χ1n) is 6.68. The molecule has 104 valence electrons. The van der Waals surface area contributed by atoms with E-state index in [1.165, 1.54) is 17.5 Å². The maximum absolute atomic E-state index is 11.5. The molecule has 1 aliphatic carbocycles. The summed E-state index contributed by atoms with van der Waals surface area (Å²) in [4.78, 5) is 11.5. The molecular weight excluding hydrogens is 260 g/mol. The number of hydrogen-bond donors (Lipinski definition) is 0. The van der Waals surface area contributed by atoms with Crippen LogP contribution in [0.15, 0.2) is 18.2 Å². The average Bonchev–Trinajstić information content (AvgIpc) is 2.44. The molecule has 4 heteroatoms. The second-order valence-corrected chi connectivity index (χ2v) is 5.75. The quantitative estimate of drug-likeness (QED) is 0.775. The van der Waals surface area contributed by atoms with Crippen LogP contribution < -0.4 is 4.74 Å². The van der Waals surface area contributed by atoms with E-state index in [2.05, 4.69) is 12.1 Å². The Bertz CT molecular complexity index is 445. The van der Waals surface area contributed by atoms with Crippen LogP contribution in [0.1, 0.15) is 36.1 Å². The molecule has 0 amide bonds. The van der Waals surface area contributed by atoms with Crippen LogP contribution in [0.4, 0.5) is 0 Å². The van der Waals surface area contributed by atoms with Crippen LogP contribution in [0, 0.1) is 0 Å². The summed E-state index contributed by atoms with van der Waals surface area (Å²) in [7, 11) is 1.69. The molecule has 3 nitrogen and oxygen atoms in total. The molecular formula is C15H20O3S. The molecule has 0 radical (unpaired) electrons. The number of carbonyl (C=O) groups is 1. The molecule has 2 rings (SSSR count). The molecule has 1 unspecified atom stereocenters. The van der Waals surface area contributed by atoms with Crippen LogP contribution in [0.2, 0.25) is 0 Å². The van der Waals surface area contributed by atoms with Crippen molar-refractivity contribution >= 4 is 17.7 Å². The zero-order valence-corrected chi connectivity index (χ0v) is 12.3. The highest BCUT2D eigenvalue weighted by atomic mass is 32.2. The average molecular weight is 280 g/mol. The van der Waals surface area contributed by atoms with E-state index < -0.39 is 0 Å². The van der Waals surface area contributed by atoms with Crippen molar-refractivity contribution in [1.29, 1.82) is 0 Å². The molecule has 0 bridgehead atoms. The third kappa shape index (κ3) is 3.66. The van der Waals surface area contributed by atoms with Gasteiger partial charge in [-0.3, -0.25) is 4.79 Å². The van der Waals surface area contributed by atoms with Gasteiger partial charge in [-0.25, -0.2) is 0 Å². The summed E-state index contributed by atoms with van der Waals surface area (Å²) in [6, 6.07) is 6.26. The van der Waals surface area contributed by atoms with Gasteiger partial charge in [-0.1, -0.05) is 6.07 Å². The van der Waals surface area contributed by atoms with E-state index in [1.807, 2.05) is 13.0 Å². The first-order chi connectivity index (χ1) is 9.24. The zero-order chi connectivity index (χ0) is 13.7. The monoisotopic (exact) mass is 280 g/mol. The summed E-state index contributed by atoms with van der Waals surface area (Å²) in [6.07, 6.45) is 3.42. The van der Waals surface area contributed by atoms with Gasteiger partial charge in [0.25, 0.3) is 0 Å². The lowest BCUT2D eigenvalue weighted by Gasteiger charge is -2.25. The van der Waals surface area contributed by atoms with E-state index in [0.29, 0.717) is 17.6 Å². The molecule has 0 spiro atoms. The number of ether oxygens (including phenoxy) is 2. The van der Waals surface area contributed by atoms with Crippen molar-refractivity contribution in [2.45, 2.75) is 31.4 Å². The molecule has 0 aromatic heterocycles. The fourth-order valence-corrected chi connectivity index (χ4v) is 3.56. The van der Waals surface area contributed by atoms with Crippen molar-refractivity contribution in [1.82, 2.24) is 0 Å². The van der Waals surface area contributed by atoms with Gasteiger partial charge in [0.15, 0.2) is 0 Å². The Balaban J connectivity index is 2.06. The Morgan fingerprint density at radius 2 is 2.32 bits per heavy atom. The van der Waals surface area contributed by atoms with Gasteiger partial charge in [0.2, 0.25) is 0 Å². The normalized spacial score (nSPS) is 17.7. The Labute approximate surface area is 118 Å². The van der Waals surface area contributed by atoms with Gasteiger partial charge in [-0.05, 0) is 49.4 Å². The van der Waals surface area contributed by atoms with E-state index in [4.69, 9.17) is 9.47 Å². The second kappa shape index (κ2) is 6.85. The number of thioether (sulfide) groups is 1. The summed E-state index contributed by atoms with van der Waals surface area (Å²) < 4.78 is 10.3. The predicted octanol–water partition coefficient (Wildman–Crippen LogP) is 3.37. The maximum Gasteiger partial charge on any atom is 0.315 e. The predicted molar refractivity (Wildman–Crippen MR) is 77.8 cm³/mol. The highest BCUT2D eigenvalue weighted by Crippen LogP contribution is 2.41. The zero-order valence-electron chi connectivity index (χ0n) is 11.5. The largest absolute Gasteiger partial charge is 0.497 e. The smallest absolute Gasteiger partial charge is 0.315 e. The van der Waals surface area contributed by atoms with E-state index in [1.54, 1.807) is 18.9 Å². The Kier molecular flexibility index (Phi) is 5.14. The number of esters is 1. The van der Waals surface area contributed by atoms with Gasteiger partial charge in [0.05, 0.1) is 19.5 Å². The van der Waals surface area contributed by atoms with Crippen molar-refractivity contribution < 1.29 is 14.3 Å². The number of hydrogen-bond acceptors (Lipinski definition) is 4. The van der Waals surface area contributed by atoms with Crippen molar-refractivity contribution in [2.24, 2.45) is 0 Å². The van der Waals surface area contributed by atoms with Crippen LogP contribution in [-0.4, -0.2) is 25.4 Å². The third-order valence-electron chi connectivity index (χ3n) is 3.32. The molecule has 0 fully saturated rings. The number of benzene rings is 1. The summed E-state index contributed by atoms with van der Waals surface area (Å²) in [5.41, 5.74) is 2.70. The topological polar surface area (TPSA) is 35.5 Å². The fraction of sp³-hybridized carbons (Fsp3) is 0.533. The van der Waals surface area contributed by atoms with Gasteiger partial charge in [0, 0.05) is 5.25 Å². The molecule has 1 aliphatic rings. The minimum Gasteiger partial charge on any atom is -0.497 e. The van der Waals surface area contributed by atoms with Gasteiger partial charge < -0.3 is 9.47 Å². The van der Waals surface area contributed by atoms with E-state index in [-0.39, 0.29) is 5.97 Å². The maximum atomic E-state index is 11.5. The molecule has 0 aliphatic heterocycles. The molecule has 1 aromatic carbocycles. The lowest BCUT2D eigenvalue weighted by molar-refractivity contribution is -0.139. The van der Waals surface area contributed by atoms with E-state index >= 15 is 0 Å². The summed E-state index contributed by atoms with van der Waals surface area (Å²) in [5, 5.41) is 0.378. The van der Waals surface area contributed by atoms with Crippen molar-refractivity contribution in [3.05, 3.63) is 29.3 Å². The van der Waals surface area contributed by atoms with Crippen LogP contribution in [0.25, 0.3) is 0 Å². The molecule has 0 saturated carbocycles. The minimum absolute atomic E-state index is 0.123. The summed E-state index contributed by atoms with van der Waals surface area (Å²) in [6.45, 7) is 2.29. The first-order valence-corrected chi connectivity index (χ1v) is 7.73. The van der Waals surface area contributed by atoms with Crippen LogP contribution >= 0.6 is 11.8 Å². The Hall–Kier alpha value is -1.16. The molecule has 19 heavy (non-hydrogen) atoms. The van der Waals surface area contributed by atoms with Crippen LogP contribution in [0.5, 0.6) is 5.75 Å². The number of rotatable bonds is 5. The van der Waals surface area contributed by atoms with Crippen molar-refractivity contribution in [3.63, 3.8) is 0 Å². The Morgan fingerprint density at radius 1 is 1.47 bits per heavy atom. The minimum atomic E-state index is -0.123.